The monoisotopic (exact) mass is 502 g/mol. The van der Waals surface area contributed by atoms with Crippen LogP contribution in [-0.2, 0) is 11.3 Å². The number of piperidine rings is 1. The van der Waals surface area contributed by atoms with Crippen LogP contribution >= 0.6 is 0 Å². The molecule has 0 radical (unpaired) electrons. The highest BCUT2D eigenvalue weighted by molar-refractivity contribution is 5.71. The summed E-state index contributed by atoms with van der Waals surface area (Å²) in [7, 11) is 0. The summed E-state index contributed by atoms with van der Waals surface area (Å²) >= 11 is 0. The van der Waals surface area contributed by atoms with Crippen molar-refractivity contribution in [3.05, 3.63) is 72.3 Å². The maximum absolute atomic E-state index is 9.44. The molecule has 5 rings (SSSR count). The van der Waals surface area contributed by atoms with Gasteiger partial charge in [-0.3, -0.25) is 0 Å². The summed E-state index contributed by atoms with van der Waals surface area (Å²) in [5, 5.41) is 9.44. The van der Waals surface area contributed by atoms with Crippen molar-refractivity contribution in [2.24, 2.45) is 5.41 Å². The highest BCUT2D eigenvalue weighted by Gasteiger charge is 2.42. The number of ether oxygens (including phenoxy) is 3. The average Bonchev–Trinajstić information content (AvgIpc) is 3.36. The molecule has 0 bridgehead atoms. The molecule has 1 atom stereocenters. The summed E-state index contributed by atoms with van der Waals surface area (Å²) in [6.45, 7) is 6.20. The Labute approximate surface area is 220 Å². The van der Waals surface area contributed by atoms with Crippen LogP contribution in [0.25, 0.3) is 11.1 Å². The van der Waals surface area contributed by atoms with Gasteiger partial charge in [-0.2, -0.15) is 4.98 Å². The predicted octanol–water partition coefficient (Wildman–Crippen LogP) is 5.87. The molecule has 3 heterocycles. The third-order valence-electron chi connectivity index (χ3n) is 7.66. The Morgan fingerprint density at radius 3 is 2.49 bits per heavy atom. The van der Waals surface area contributed by atoms with Gasteiger partial charge in [0.15, 0.2) is 0 Å². The summed E-state index contributed by atoms with van der Waals surface area (Å²) in [5.41, 5.74) is 4.64. The van der Waals surface area contributed by atoms with Gasteiger partial charge in [0.2, 0.25) is 11.8 Å². The standard InChI is InChI=1S/C31H38N2O4/c1-2-3-19-35-30-28(13-14-29(32-30)36-22-24-7-5-4-6-8-24)25-9-11-26(12-10-25)33-17-15-31(16-18-33)20-27(21-34)37-23-31/h4-14,27,34H,2-3,15-23H2,1H3. The first-order valence-electron chi connectivity index (χ1n) is 13.6. The first kappa shape index (κ1) is 25.6. The van der Waals surface area contributed by atoms with Crippen molar-refractivity contribution in [3.8, 4) is 22.9 Å². The van der Waals surface area contributed by atoms with Crippen molar-refractivity contribution in [1.29, 1.82) is 0 Å². The number of hydrogen-bond acceptors (Lipinski definition) is 6. The van der Waals surface area contributed by atoms with Gasteiger partial charge in [0.05, 0.1) is 25.9 Å². The molecule has 2 aromatic carbocycles. The molecule has 2 fully saturated rings. The van der Waals surface area contributed by atoms with Crippen LogP contribution in [0, 0.1) is 5.41 Å². The van der Waals surface area contributed by atoms with Crippen LogP contribution in [0.5, 0.6) is 11.8 Å². The summed E-state index contributed by atoms with van der Waals surface area (Å²) in [5.74, 6) is 1.18. The minimum absolute atomic E-state index is 0.0170. The molecule has 2 aliphatic rings. The molecule has 37 heavy (non-hydrogen) atoms. The number of aliphatic hydroxyl groups excluding tert-OH is 1. The minimum Gasteiger partial charge on any atom is -0.477 e. The fraction of sp³-hybridized carbons (Fsp3) is 0.452. The van der Waals surface area contributed by atoms with E-state index in [-0.39, 0.29) is 18.1 Å². The molecule has 0 aliphatic carbocycles. The van der Waals surface area contributed by atoms with E-state index >= 15 is 0 Å². The molecule has 2 saturated heterocycles. The van der Waals surface area contributed by atoms with Crippen molar-refractivity contribution in [2.75, 3.05) is 37.8 Å². The molecule has 3 aromatic rings. The van der Waals surface area contributed by atoms with Crippen LogP contribution in [0.1, 0.15) is 44.6 Å². The van der Waals surface area contributed by atoms with E-state index in [0.29, 0.717) is 25.0 Å². The highest BCUT2D eigenvalue weighted by atomic mass is 16.5. The Bertz CT molecular complexity index is 1130. The maximum atomic E-state index is 9.44. The molecule has 1 aromatic heterocycles. The number of unbranched alkanes of at least 4 members (excludes halogenated alkanes) is 1. The molecule has 1 unspecified atom stereocenters. The Morgan fingerprint density at radius 2 is 1.78 bits per heavy atom. The van der Waals surface area contributed by atoms with Gasteiger partial charge in [-0.05, 0) is 60.4 Å². The molecule has 1 spiro atoms. The van der Waals surface area contributed by atoms with E-state index in [2.05, 4.69) is 36.1 Å². The van der Waals surface area contributed by atoms with E-state index in [1.54, 1.807) is 0 Å². The molecular weight excluding hydrogens is 464 g/mol. The third-order valence-corrected chi connectivity index (χ3v) is 7.66. The quantitative estimate of drug-likeness (QED) is 0.350. The van der Waals surface area contributed by atoms with Crippen molar-refractivity contribution in [1.82, 2.24) is 4.98 Å². The third kappa shape index (κ3) is 6.25. The van der Waals surface area contributed by atoms with E-state index in [4.69, 9.17) is 19.2 Å². The number of aliphatic hydroxyl groups is 1. The molecule has 196 valence electrons. The van der Waals surface area contributed by atoms with Crippen LogP contribution in [0.3, 0.4) is 0 Å². The normalized spacial score (nSPS) is 18.8. The lowest BCUT2D eigenvalue weighted by molar-refractivity contribution is 0.0506. The average molecular weight is 503 g/mol. The van der Waals surface area contributed by atoms with Gasteiger partial charge in [0.1, 0.15) is 6.61 Å². The van der Waals surface area contributed by atoms with Crippen LogP contribution in [0.4, 0.5) is 5.69 Å². The highest BCUT2D eigenvalue weighted by Crippen LogP contribution is 2.43. The number of benzene rings is 2. The van der Waals surface area contributed by atoms with Gasteiger partial charge in [-0.15, -0.1) is 0 Å². The fourth-order valence-corrected chi connectivity index (χ4v) is 5.33. The number of rotatable bonds is 10. The first-order chi connectivity index (χ1) is 18.2. The van der Waals surface area contributed by atoms with Crippen LogP contribution in [-0.4, -0.2) is 49.1 Å². The molecule has 0 saturated carbocycles. The number of pyridine rings is 1. The maximum Gasteiger partial charge on any atom is 0.224 e. The Balaban J connectivity index is 1.26. The molecule has 6 heteroatoms. The first-order valence-corrected chi connectivity index (χ1v) is 13.6. The zero-order valence-corrected chi connectivity index (χ0v) is 21.8. The van der Waals surface area contributed by atoms with Crippen molar-refractivity contribution < 1.29 is 19.3 Å². The Kier molecular flexibility index (Phi) is 8.27. The van der Waals surface area contributed by atoms with Gasteiger partial charge in [-0.25, -0.2) is 0 Å². The molecular formula is C31H38N2O4. The lowest BCUT2D eigenvalue weighted by Crippen LogP contribution is -2.40. The van der Waals surface area contributed by atoms with Crippen molar-refractivity contribution in [3.63, 3.8) is 0 Å². The number of anilines is 1. The van der Waals surface area contributed by atoms with E-state index in [1.807, 2.05) is 42.5 Å². The van der Waals surface area contributed by atoms with Crippen LogP contribution in [0.15, 0.2) is 66.7 Å². The van der Waals surface area contributed by atoms with E-state index < -0.39 is 0 Å². The van der Waals surface area contributed by atoms with Crippen molar-refractivity contribution in [2.45, 2.75) is 51.7 Å². The summed E-state index contributed by atoms with van der Waals surface area (Å²) in [4.78, 5) is 7.17. The van der Waals surface area contributed by atoms with Gasteiger partial charge >= 0.3 is 0 Å². The van der Waals surface area contributed by atoms with Crippen molar-refractivity contribution >= 4 is 5.69 Å². The minimum atomic E-state index is 0.0170. The van der Waals surface area contributed by atoms with Crippen LogP contribution < -0.4 is 14.4 Å². The second kappa shape index (κ2) is 12.0. The van der Waals surface area contributed by atoms with Crippen LogP contribution in [0.2, 0.25) is 0 Å². The predicted molar refractivity (Wildman–Crippen MR) is 146 cm³/mol. The van der Waals surface area contributed by atoms with Gasteiger partial charge < -0.3 is 24.2 Å². The number of hydrogen-bond donors (Lipinski definition) is 1. The lowest BCUT2D eigenvalue weighted by Gasteiger charge is -2.39. The number of aromatic nitrogens is 1. The topological polar surface area (TPSA) is 64.1 Å². The summed E-state index contributed by atoms with van der Waals surface area (Å²) in [6.07, 6.45) is 5.26. The molecule has 0 amide bonds. The molecule has 1 N–H and O–H groups in total. The summed E-state index contributed by atoms with van der Waals surface area (Å²) in [6, 6.07) is 22.8. The number of nitrogens with zero attached hydrogens (tertiary/aromatic N) is 2. The lowest BCUT2D eigenvalue weighted by atomic mass is 9.76. The Hall–Kier alpha value is -3.09. The zero-order valence-electron chi connectivity index (χ0n) is 21.8. The van der Waals surface area contributed by atoms with E-state index in [9.17, 15) is 5.11 Å². The zero-order chi connectivity index (χ0) is 25.5. The Morgan fingerprint density at radius 1 is 1.00 bits per heavy atom. The fourth-order valence-electron chi connectivity index (χ4n) is 5.33. The molecule has 6 nitrogen and oxygen atoms in total. The largest absolute Gasteiger partial charge is 0.477 e. The van der Waals surface area contributed by atoms with E-state index in [0.717, 1.165) is 68.5 Å². The van der Waals surface area contributed by atoms with Gasteiger partial charge in [0, 0.05) is 30.4 Å². The second-order valence-corrected chi connectivity index (χ2v) is 10.3. The van der Waals surface area contributed by atoms with Gasteiger partial charge in [0.25, 0.3) is 0 Å². The second-order valence-electron chi connectivity index (χ2n) is 10.3. The smallest absolute Gasteiger partial charge is 0.224 e. The SMILES string of the molecule is CCCCOc1nc(OCc2ccccc2)ccc1-c1ccc(N2CCC3(CC2)COC(CO)C3)cc1. The van der Waals surface area contributed by atoms with Gasteiger partial charge in [-0.1, -0.05) is 55.8 Å². The summed E-state index contributed by atoms with van der Waals surface area (Å²) < 4.78 is 17.9. The molecule has 2 aliphatic heterocycles. The van der Waals surface area contributed by atoms with E-state index in [1.165, 1.54) is 5.69 Å².